The summed E-state index contributed by atoms with van der Waals surface area (Å²) in [6.45, 7) is 1.20. The van der Waals surface area contributed by atoms with Gasteiger partial charge in [-0.15, -0.1) is 0 Å². The number of carbonyl (C=O) groups is 1. The zero-order chi connectivity index (χ0) is 18.9. The third-order valence-corrected chi connectivity index (χ3v) is 5.18. The van der Waals surface area contributed by atoms with Gasteiger partial charge in [0.15, 0.2) is 0 Å². The largest absolute Gasteiger partial charge is 0.332 e. The SMILES string of the molecule is O=C1c2nccc(-c3ccncc3)c2CN1CCc1ccc2ccccc2n1. The third kappa shape index (κ3) is 2.91. The Balaban J connectivity index is 1.37. The topological polar surface area (TPSA) is 59.0 Å². The average Bonchev–Trinajstić information content (AvgIpc) is 3.08. The van der Waals surface area contributed by atoms with Crippen molar-refractivity contribution in [3.63, 3.8) is 0 Å². The molecular weight excluding hydrogens is 348 g/mol. The summed E-state index contributed by atoms with van der Waals surface area (Å²) in [5.74, 6) is -0.00769. The van der Waals surface area contributed by atoms with Gasteiger partial charge in [0, 0.05) is 54.7 Å². The Morgan fingerprint density at radius 3 is 2.68 bits per heavy atom. The lowest BCUT2D eigenvalue weighted by molar-refractivity contribution is 0.0776. The molecule has 5 nitrogen and oxygen atoms in total. The molecule has 0 bridgehead atoms. The molecule has 0 fully saturated rings. The number of pyridine rings is 3. The molecule has 0 spiro atoms. The average molecular weight is 366 g/mol. The smallest absolute Gasteiger partial charge is 0.273 e. The second-order valence-corrected chi connectivity index (χ2v) is 6.89. The van der Waals surface area contributed by atoms with Gasteiger partial charge in [0.05, 0.1) is 5.52 Å². The first kappa shape index (κ1) is 16.6. The van der Waals surface area contributed by atoms with E-state index in [1.807, 2.05) is 47.4 Å². The van der Waals surface area contributed by atoms with E-state index in [2.05, 4.69) is 22.1 Å². The number of benzene rings is 1. The number of hydrogen-bond donors (Lipinski definition) is 0. The molecule has 1 aliphatic heterocycles. The van der Waals surface area contributed by atoms with Gasteiger partial charge >= 0.3 is 0 Å². The van der Waals surface area contributed by atoms with Crippen LogP contribution in [-0.2, 0) is 13.0 Å². The highest BCUT2D eigenvalue weighted by Crippen LogP contribution is 2.31. The van der Waals surface area contributed by atoms with E-state index < -0.39 is 0 Å². The molecule has 28 heavy (non-hydrogen) atoms. The van der Waals surface area contributed by atoms with Crippen LogP contribution in [-0.4, -0.2) is 32.3 Å². The zero-order valence-corrected chi connectivity index (χ0v) is 15.2. The van der Waals surface area contributed by atoms with E-state index in [9.17, 15) is 4.79 Å². The van der Waals surface area contributed by atoms with Gasteiger partial charge in [0.1, 0.15) is 5.69 Å². The van der Waals surface area contributed by atoms with Crippen LogP contribution < -0.4 is 0 Å². The highest BCUT2D eigenvalue weighted by atomic mass is 16.2. The minimum Gasteiger partial charge on any atom is -0.332 e. The van der Waals surface area contributed by atoms with Gasteiger partial charge in [0.2, 0.25) is 0 Å². The van der Waals surface area contributed by atoms with Crippen molar-refractivity contribution in [2.75, 3.05) is 6.54 Å². The highest BCUT2D eigenvalue weighted by Gasteiger charge is 2.30. The van der Waals surface area contributed by atoms with Gasteiger partial charge in [-0.05, 0) is 41.5 Å². The van der Waals surface area contributed by atoms with Crippen LogP contribution in [0.5, 0.6) is 0 Å². The predicted octanol–water partition coefficient (Wildman–Crippen LogP) is 3.89. The first-order chi connectivity index (χ1) is 13.8. The number of hydrogen-bond acceptors (Lipinski definition) is 4. The minimum atomic E-state index is -0.00769. The summed E-state index contributed by atoms with van der Waals surface area (Å²) in [6.07, 6.45) is 5.96. The summed E-state index contributed by atoms with van der Waals surface area (Å²) in [5.41, 5.74) is 5.62. The van der Waals surface area contributed by atoms with E-state index in [0.29, 0.717) is 18.8 Å². The summed E-state index contributed by atoms with van der Waals surface area (Å²) in [7, 11) is 0. The Hall–Kier alpha value is -3.60. The van der Waals surface area contributed by atoms with Crippen molar-refractivity contribution in [2.45, 2.75) is 13.0 Å². The van der Waals surface area contributed by atoms with E-state index in [-0.39, 0.29) is 5.91 Å². The van der Waals surface area contributed by atoms with E-state index in [1.54, 1.807) is 18.6 Å². The van der Waals surface area contributed by atoms with Crippen LogP contribution in [0.2, 0.25) is 0 Å². The molecule has 3 aromatic heterocycles. The van der Waals surface area contributed by atoms with Crippen molar-refractivity contribution in [3.05, 3.63) is 90.1 Å². The molecule has 5 rings (SSSR count). The standard InChI is InChI=1S/C23H18N4O/c28-23-22-20(19(9-13-25-22)16-7-11-24-12-8-16)15-27(23)14-10-18-6-5-17-3-1-2-4-21(17)26-18/h1-9,11-13H,10,14-15H2. The molecule has 0 atom stereocenters. The minimum absolute atomic E-state index is 0.00769. The third-order valence-electron chi connectivity index (χ3n) is 5.18. The monoisotopic (exact) mass is 366 g/mol. The van der Waals surface area contributed by atoms with Crippen molar-refractivity contribution < 1.29 is 4.79 Å². The second kappa shape index (κ2) is 6.85. The van der Waals surface area contributed by atoms with Crippen LogP contribution in [0.1, 0.15) is 21.7 Å². The summed E-state index contributed by atoms with van der Waals surface area (Å²) in [6, 6.07) is 18.1. The Morgan fingerprint density at radius 1 is 0.929 bits per heavy atom. The van der Waals surface area contributed by atoms with Crippen molar-refractivity contribution in [1.82, 2.24) is 19.9 Å². The number of rotatable bonds is 4. The van der Waals surface area contributed by atoms with Gasteiger partial charge in [0.25, 0.3) is 5.91 Å². The molecule has 5 heteroatoms. The van der Waals surface area contributed by atoms with Crippen LogP contribution in [0.4, 0.5) is 0 Å². The van der Waals surface area contributed by atoms with Crippen LogP contribution in [0.25, 0.3) is 22.0 Å². The van der Waals surface area contributed by atoms with E-state index in [1.165, 1.54) is 0 Å². The summed E-state index contributed by atoms with van der Waals surface area (Å²) in [4.78, 5) is 27.8. The normalized spacial score (nSPS) is 13.1. The van der Waals surface area contributed by atoms with Gasteiger partial charge in [-0.2, -0.15) is 0 Å². The molecule has 1 amide bonds. The van der Waals surface area contributed by atoms with E-state index in [0.717, 1.165) is 39.7 Å². The van der Waals surface area contributed by atoms with Crippen molar-refractivity contribution >= 4 is 16.8 Å². The molecule has 0 N–H and O–H groups in total. The molecule has 4 aromatic rings. The zero-order valence-electron chi connectivity index (χ0n) is 15.2. The fourth-order valence-corrected chi connectivity index (χ4v) is 3.73. The van der Waals surface area contributed by atoms with Crippen LogP contribution in [0.3, 0.4) is 0 Å². The number of nitrogens with zero attached hydrogens (tertiary/aromatic N) is 4. The predicted molar refractivity (Wildman–Crippen MR) is 108 cm³/mol. The number of fused-ring (bicyclic) bond motifs is 2. The van der Waals surface area contributed by atoms with Gasteiger partial charge in [-0.25, -0.2) is 0 Å². The highest BCUT2D eigenvalue weighted by molar-refractivity contribution is 5.98. The fourth-order valence-electron chi connectivity index (χ4n) is 3.73. The molecular formula is C23H18N4O. The van der Waals surface area contributed by atoms with Gasteiger partial charge in [-0.1, -0.05) is 24.3 Å². The maximum Gasteiger partial charge on any atom is 0.273 e. The van der Waals surface area contributed by atoms with Crippen molar-refractivity contribution in [3.8, 4) is 11.1 Å². The lowest BCUT2D eigenvalue weighted by Crippen LogP contribution is -2.26. The molecule has 0 saturated carbocycles. The maximum atomic E-state index is 12.8. The van der Waals surface area contributed by atoms with Crippen molar-refractivity contribution in [1.29, 1.82) is 0 Å². The lowest BCUT2D eigenvalue weighted by Gasteiger charge is -2.15. The lowest BCUT2D eigenvalue weighted by atomic mass is 10.0. The maximum absolute atomic E-state index is 12.8. The van der Waals surface area contributed by atoms with Crippen molar-refractivity contribution in [2.24, 2.45) is 0 Å². The number of amides is 1. The van der Waals surface area contributed by atoms with Crippen LogP contribution in [0.15, 0.2) is 73.2 Å². The summed E-state index contributed by atoms with van der Waals surface area (Å²) >= 11 is 0. The Bertz CT molecular complexity index is 1170. The molecule has 0 radical (unpaired) electrons. The fraction of sp³-hybridized carbons (Fsp3) is 0.130. The molecule has 1 aliphatic rings. The first-order valence-electron chi connectivity index (χ1n) is 9.32. The van der Waals surface area contributed by atoms with Gasteiger partial charge in [-0.3, -0.25) is 19.7 Å². The molecule has 136 valence electrons. The molecule has 0 saturated heterocycles. The number of para-hydroxylation sites is 1. The quantitative estimate of drug-likeness (QED) is 0.550. The Kier molecular flexibility index (Phi) is 4.05. The molecule has 4 heterocycles. The number of carbonyl (C=O) groups excluding carboxylic acids is 1. The first-order valence-corrected chi connectivity index (χ1v) is 9.32. The summed E-state index contributed by atoms with van der Waals surface area (Å²) in [5, 5.41) is 1.13. The van der Waals surface area contributed by atoms with Gasteiger partial charge < -0.3 is 4.90 Å². The van der Waals surface area contributed by atoms with E-state index in [4.69, 9.17) is 4.98 Å². The van der Waals surface area contributed by atoms with E-state index >= 15 is 0 Å². The Morgan fingerprint density at radius 2 is 1.79 bits per heavy atom. The molecule has 0 unspecified atom stereocenters. The van der Waals surface area contributed by atoms with Crippen LogP contribution >= 0.6 is 0 Å². The molecule has 1 aromatic carbocycles. The second-order valence-electron chi connectivity index (χ2n) is 6.89. The summed E-state index contributed by atoms with van der Waals surface area (Å²) < 4.78 is 0. The molecule has 0 aliphatic carbocycles. The van der Waals surface area contributed by atoms with Crippen LogP contribution in [0, 0.1) is 0 Å². The Labute approximate surface area is 162 Å². The number of aromatic nitrogens is 3.